The molecule has 0 radical (unpaired) electrons. The van der Waals surface area contributed by atoms with Crippen LogP contribution in [0.2, 0.25) is 0 Å². The first-order valence-corrected chi connectivity index (χ1v) is 8.12. The first kappa shape index (κ1) is 16.4. The van der Waals surface area contributed by atoms with Crippen LogP contribution < -0.4 is 10.2 Å². The Labute approximate surface area is 140 Å². The number of nitrogens with zero attached hydrogens (tertiary/aromatic N) is 1. The lowest BCUT2D eigenvalue weighted by Gasteiger charge is -2.18. The van der Waals surface area contributed by atoms with Crippen LogP contribution in [0.4, 0.5) is 14.5 Å². The van der Waals surface area contributed by atoms with E-state index in [0.717, 1.165) is 30.8 Å². The maximum atomic E-state index is 13.0. The highest BCUT2D eigenvalue weighted by Crippen LogP contribution is 2.23. The molecule has 0 aliphatic carbocycles. The Kier molecular flexibility index (Phi) is 5.08. The van der Waals surface area contributed by atoms with E-state index in [1.165, 1.54) is 24.3 Å². The van der Waals surface area contributed by atoms with Crippen molar-refractivity contribution in [3.05, 3.63) is 65.7 Å². The molecule has 1 heterocycles. The lowest BCUT2D eigenvalue weighted by Crippen LogP contribution is -2.32. The van der Waals surface area contributed by atoms with Gasteiger partial charge >= 0.3 is 0 Å². The van der Waals surface area contributed by atoms with E-state index in [-0.39, 0.29) is 24.0 Å². The van der Waals surface area contributed by atoms with Gasteiger partial charge in [-0.3, -0.25) is 4.79 Å². The fourth-order valence-electron chi connectivity index (χ4n) is 2.99. The summed E-state index contributed by atoms with van der Waals surface area (Å²) in [6.07, 6.45) is 1.25. The summed E-state index contributed by atoms with van der Waals surface area (Å²) < 4.78 is 25.8. The normalized spacial score (nSPS) is 17.1. The van der Waals surface area contributed by atoms with E-state index < -0.39 is 0 Å². The summed E-state index contributed by atoms with van der Waals surface area (Å²) >= 11 is 0. The molecule has 2 aromatic rings. The third-order valence-electron chi connectivity index (χ3n) is 4.34. The zero-order valence-corrected chi connectivity index (χ0v) is 13.3. The van der Waals surface area contributed by atoms with Gasteiger partial charge in [0.05, 0.1) is 6.42 Å². The largest absolute Gasteiger partial charge is 0.371 e. The zero-order valence-electron chi connectivity index (χ0n) is 13.3. The summed E-state index contributed by atoms with van der Waals surface area (Å²) in [5, 5.41) is 2.95. The predicted molar refractivity (Wildman–Crippen MR) is 89.8 cm³/mol. The fraction of sp³-hybridized carbons (Fsp3) is 0.316. The molecule has 1 aliphatic heterocycles. The SMILES string of the molecule is O=C(Cc1ccc(F)cc1)NCC1CCN(c2ccc(F)cc2)C1. The summed E-state index contributed by atoms with van der Waals surface area (Å²) in [4.78, 5) is 14.2. The van der Waals surface area contributed by atoms with E-state index in [1.54, 1.807) is 24.3 Å². The first-order chi connectivity index (χ1) is 11.6. The van der Waals surface area contributed by atoms with Gasteiger partial charge in [-0.1, -0.05) is 12.1 Å². The minimum absolute atomic E-state index is 0.0539. The number of hydrogen-bond donors (Lipinski definition) is 1. The number of anilines is 1. The van der Waals surface area contributed by atoms with Crippen LogP contribution in [0.1, 0.15) is 12.0 Å². The van der Waals surface area contributed by atoms with Crippen LogP contribution in [-0.2, 0) is 11.2 Å². The highest BCUT2D eigenvalue weighted by Gasteiger charge is 2.23. The molecule has 126 valence electrons. The summed E-state index contributed by atoms with van der Waals surface area (Å²) in [5.74, 6) is -0.206. The molecule has 0 aromatic heterocycles. The zero-order chi connectivity index (χ0) is 16.9. The molecule has 2 aromatic carbocycles. The monoisotopic (exact) mass is 330 g/mol. The van der Waals surface area contributed by atoms with Crippen LogP contribution in [0.5, 0.6) is 0 Å². The van der Waals surface area contributed by atoms with E-state index in [4.69, 9.17) is 0 Å². The van der Waals surface area contributed by atoms with Gasteiger partial charge in [-0.15, -0.1) is 0 Å². The summed E-state index contributed by atoms with van der Waals surface area (Å²) in [7, 11) is 0. The van der Waals surface area contributed by atoms with Crippen LogP contribution in [-0.4, -0.2) is 25.5 Å². The van der Waals surface area contributed by atoms with Gasteiger partial charge in [0.2, 0.25) is 5.91 Å². The molecule has 1 amide bonds. The van der Waals surface area contributed by atoms with Gasteiger partial charge in [-0.05, 0) is 54.3 Å². The second-order valence-electron chi connectivity index (χ2n) is 6.18. The number of benzene rings is 2. The molecule has 1 saturated heterocycles. The second kappa shape index (κ2) is 7.43. The van der Waals surface area contributed by atoms with Crippen molar-refractivity contribution in [2.45, 2.75) is 12.8 Å². The predicted octanol–water partition coefficient (Wildman–Crippen LogP) is 3.15. The summed E-state index contributed by atoms with van der Waals surface area (Å²) in [6.45, 7) is 2.38. The van der Waals surface area contributed by atoms with Crippen molar-refractivity contribution in [3.8, 4) is 0 Å². The van der Waals surface area contributed by atoms with Crippen LogP contribution in [0.25, 0.3) is 0 Å². The standard InChI is InChI=1S/C19H20F2N2O/c20-16-3-1-14(2-4-16)11-19(24)22-12-15-9-10-23(13-15)18-7-5-17(21)6-8-18/h1-8,15H,9-13H2,(H,22,24). The van der Waals surface area contributed by atoms with E-state index >= 15 is 0 Å². The van der Waals surface area contributed by atoms with Crippen LogP contribution >= 0.6 is 0 Å². The highest BCUT2D eigenvalue weighted by molar-refractivity contribution is 5.78. The number of rotatable bonds is 5. The van der Waals surface area contributed by atoms with Crippen LogP contribution in [0, 0.1) is 17.6 Å². The third kappa shape index (κ3) is 4.31. The Balaban J connectivity index is 1.44. The van der Waals surface area contributed by atoms with Crippen molar-refractivity contribution in [2.24, 2.45) is 5.92 Å². The molecular formula is C19H20F2N2O. The van der Waals surface area contributed by atoms with Crippen molar-refractivity contribution < 1.29 is 13.6 Å². The fourth-order valence-corrected chi connectivity index (χ4v) is 2.99. The number of carbonyl (C=O) groups excluding carboxylic acids is 1. The van der Waals surface area contributed by atoms with Gasteiger partial charge in [0, 0.05) is 25.3 Å². The quantitative estimate of drug-likeness (QED) is 0.913. The van der Waals surface area contributed by atoms with Crippen molar-refractivity contribution in [2.75, 3.05) is 24.5 Å². The van der Waals surface area contributed by atoms with Gasteiger partial charge in [0.1, 0.15) is 11.6 Å². The molecular weight excluding hydrogens is 310 g/mol. The van der Waals surface area contributed by atoms with E-state index in [2.05, 4.69) is 10.2 Å². The molecule has 3 rings (SSSR count). The minimum atomic E-state index is -0.300. The molecule has 1 aliphatic rings. The number of carbonyl (C=O) groups is 1. The van der Waals surface area contributed by atoms with Gasteiger partial charge in [0.15, 0.2) is 0 Å². The molecule has 1 N–H and O–H groups in total. The van der Waals surface area contributed by atoms with Crippen LogP contribution in [0.3, 0.4) is 0 Å². The highest BCUT2D eigenvalue weighted by atomic mass is 19.1. The maximum absolute atomic E-state index is 13.0. The van der Waals surface area contributed by atoms with Crippen molar-refractivity contribution in [1.82, 2.24) is 5.32 Å². The molecule has 1 atom stereocenters. The second-order valence-corrected chi connectivity index (χ2v) is 6.18. The number of nitrogens with one attached hydrogen (secondary N) is 1. The number of hydrogen-bond acceptors (Lipinski definition) is 2. The van der Waals surface area contributed by atoms with Gasteiger partial charge in [-0.25, -0.2) is 8.78 Å². The maximum Gasteiger partial charge on any atom is 0.224 e. The van der Waals surface area contributed by atoms with Gasteiger partial charge in [0.25, 0.3) is 0 Å². The van der Waals surface area contributed by atoms with Crippen LogP contribution in [0.15, 0.2) is 48.5 Å². The molecule has 0 spiro atoms. The Hall–Kier alpha value is -2.43. The molecule has 0 bridgehead atoms. The van der Waals surface area contributed by atoms with Gasteiger partial charge < -0.3 is 10.2 Å². The van der Waals surface area contributed by atoms with Crippen molar-refractivity contribution >= 4 is 11.6 Å². The molecule has 1 unspecified atom stereocenters. The Morgan fingerprint density at radius 1 is 1.04 bits per heavy atom. The van der Waals surface area contributed by atoms with Gasteiger partial charge in [-0.2, -0.15) is 0 Å². The Morgan fingerprint density at radius 3 is 2.33 bits per heavy atom. The average molecular weight is 330 g/mol. The van der Waals surface area contributed by atoms with E-state index in [9.17, 15) is 13.6 Å². The number of amides is 1. The van der Waals surface area contributed by atoms with E-state index in [1.807, 2.05) is 0 Å². The third-order valence-corrected chi connectivity index (χ3v) is 4.34. The minimum Gasteiger partial charge on any atom is -0.371 e. The molecule has 24 heavy (non-hydrogen) atoms. The Bertz CT molecular complexity index is 686. The summed E-state index contributed by atoms with van der Waals surface area (Å²) in [5.41, 5.74) is 1.81. The molecule has 3 nitrogen and oxygen atoms in total. The average Bonchev–Trinajstić information content (AvgIpc) is 3.05. The van der Waals surface area contributed by atoms with E-state index in [0.29, 0.717) is 12.5 Å². The number of halogens is 2. The summed E-state index contributed by atoms with van der Waals surface area (Å²) in [6, 6.07) is 12.5. The topological polar surface area (TPSA) is 32.3 Å². The molecule has 1 fully saturated rings. The lowest BCUT2D eigenvalue weighted by molar-refractivity contribution is -0.120. The van der Waals surface area contributed by atoms with Crippen molar-refractivity contribution in [3.63, 3.8) is 0 Å². The molecule has 0 saturated carbocycles. The molecule has 5 heteroatoms. The Morgan fingerprint density at radius 2 is 1.67 bits per heavy atom. The smallest absolute Gasteiger partial charge is 0.224 e. The first-order valence-electron chi connectivity index (χ1n) is 8.12. The lowest BCUT2D eigenvalue weighted by atomic mass is 10.1. The van der Waals surface area contributed by atoms with Crippen molar-refractivity contribution in [1.29, 1.82) is 0 Å².